The smallest absolute Gasteiger partial charge is 0.237 e. The van der Waals surface area contributed by atoms with E-state index in [9.17, 15) is 74.7 Å². The van der Waals surface area contributed by atoms with Gasteiger partial charge < -0.3 is 125 Å². The number of nitrogens with one attached hydrogen (secondary N) is 6. The minimum atomic E-state index is -1.52. The zero-order valence-corrected chi connectivity index (χ0v) is 47.0. The minimum Gasteiger partial charge on any atom is -0.494 e. The van der Waals surface area contributed by atoms with Crippen molar-refractivity contribution in [2.24, 2.45) is 0 Å². The molecule has 0 aliphatic carbocycles. The van der Waals surface area contributed by atoms with E-state index >= 15 is 0 Å². The molecule has 0 aromatic heterocycles. The SMILES string of the molecule is CCOc1ccc(CC(C(=O)NCCOCCOC2OC(CO)C(O)C(O)C2NC(C)=O)N(CC(=O)NCCOCCOC2OC(CO)C(O)C(O)C2NC(C)=O)CC(=O)NCCOCCOC2OC(CO)C(O)C(O)C2NC(C)=O)cc1. The van der Waals surface area contributed by atoms with Crippen LogP contribution in [0.1, 0.15) is 33.3 Å². The lowest BCUT2D eigenvalue weighted by atomic mass is 9.97. The van der Waals surface area contributed by atoms with E-state index in [1.807, 2.05) is 6.92 Å². The highest BCUT2D eigenvalue weighted by Gasteiger charge is 2.48. The number of amides is 6. The first-order valence-electron chi connectivity index (χ1n) is 27.3. The first-order valence-corrected chi connectivity index (χ1v) is 27.3. The predicted octanol–water partition coefficient (Wildman–Crippen LogP) is -8.42. The fourth-order valence-electron chi connectivity index (χ4n) is 8.96. The van der Waals surface area contributed by atoms with Gasteiger partial charge in [-0.05, 0) is 31.0 Å². The maximum Gasteiger partial charge on any atom is 0.237 e. The molecule has 0 saturated carbocycles. The van der Waals surface area contributed by atoms with E-state index in [2.05, 4.69) is 31.9 Å². The quantitative estimate of drug-likeness (QED) is 0.0275. The maximum atomic E-state index is 14.3. The van der Waals surface area contributed by atoms with Crippen LogP contribution in [0.3, 0.4) is 0 Å². The van der Waals surface area contributed by atoms with Crippen molar-refractivity contribution in [2.45, 2.75) is 132 Å². The molecule has 32 nitrogen and oxygen atoms in total. The third kappa shape index (κ3) is 23.5. The van der Waals surface area contributed by atoms with Gasteiger partial charge in [-0.1, -0.05) is 12.1 Å². The van der Waals surface area contributed by atoms with E-state index in [0.717, 1.165) is 0 Å². The van der Waals surface area contributed by atoms with Gasteiger partial charge in [-0.15, -0.1) is 0 Å². The summed E-state index contributed by atoms with van der Waals surface area (Å²) >= 11 is 0. The van der Waals surface area contributed by atoms with Crippen LogP contribution < -0.4 is 36.6 Å². The number of carbonyl (C=O) groups is 6. The van der Waals surface area contributed by atoms with Gasteiger partial charge in [0.15, 0.2) is 18.9 Å². The summed E-state index contributed by atoms with van der Waals surface area (Å²) < 4.78 is 56.2. The summed E-state index contributed by atoms with van der Waals surface area (Å²) in [6, 6.07) is 2.23. The zero-order valence-electron chi connectivity index (χ0n) is 47.0. The molecule has 0 radical (unpaired) electrons. The van der Waals surface area contributed by atoms with Crippen molar-refractivity contribution in [1.29, 1.82) is 0 Å². The summed E-state index contributed by atoms with van der Waals surface area (Å²) in [5.74, 6) is -2.82. The van der Waals surface area contributed by atoms with Gasteiger partial charge >= 0.3 is 0 Å². The van der Waals surface area contributed by atoms with Crippen molar-refractivity contribution in [3.05, 3.63) is 29.8 Å². The molecule has 4 rings (SSSR count). The molecule has 3 saturated heterocycles. The van der Waals surface area contributed by atoms with Crippen LogP contribution in [0.25, 0.3) is 0 Å². The molecule has 3 aliphatic heterocycles. The lowest BCUT2D eigenvalue weighted by molar-refractivity contribution is -0.272. The Morgan fingerprint density at radius 2 is 0.855 bits per heavy atom. The topological polar surface area (TPSA) is 452 Å². The second-order valence-electron chi connectivity index (χ2n) is 19.4. The summed E-state index contributed by atoms with van der Waals surface area (Å²) in [6.07, 6.45) is -16.4. The molecule has 474 valence electrons. The molecule has 0 bridgehead atoms. The van der Waals surface area contributed by atoms with Crippen LogP contribution in [0.4, 0.5) is 0 Å². The summed E-state index contributed by atoms with van der Waals surface area (Å²) in [6.45, 7) is 2.09. The standard InChI is InChI=1S/C51H85N7O25/c1-5-77-32-8-6-31(7-9-32)22-33(48(73)54-12-15-76-18-21-80-51-41(57-30(4)64)47(72)44(69)36(27-61)83-51)58(23-37(65)52-10-13-74-16-19-78-49-39(55-28(2)62)45(70)42(67)34(25-59)81-49)24-38(66)53-11-14-75-17-20-79-50-40(56-29(3)63)46(71)43(68)35(26-60)82-50/h6-9,33-36,39-47,49-51,59-61,67-72H,5,10-27H2,1-4H3,(H,52,65)(H,53,66)(H,54,73)(H,55,62)(H,56,63)(H,57,64). The lowest BCUT2D eigenvalue weighted by Crippen LogP contribution is -2.64. The fourth-order valence-corrected chi connectivity index (χ4v) is 8.96. The number of rotatable bonds is 37. The van der Waals surface area contributed by atoms with Crippen molar-refractivity contribution < 1.29 is 122 Å². The van der Waals surface area contributed by atoms with Gasteiger partial charge in [-0.25, -0.2) is 0 Å². The zero-order chi connectivity index (χ0) is 61.0. The highest BCUT2D eigenvalue weighted by Crippen LogP contribution is 2.25. The average molecular weight is 1200 g/mol. The summed E-state index contributed by atoms with van der Waals surface area (Å²) in [4.78, 5) is 78.3. The first-order chi connectivity index (χ1) is 39.7. The number of aliphatic hydroxyl groups excluding tert-OH is 9. The lowest BCUT2D eigenvalue weighted by Gasteiger charge is -2.42. The van der Waals surface area contributed by atoms with E-state index < -0.39 is 166 Å². The van der Waals surface area contributed by atoms with Crippen LogP contribution in [0.5, 0.6) is 5.75 Å². The Kier molecular flexibility index (Phi) is 31.9. The van der Waals surface area contributed by atoms with E-state index in [1.54, 1.807) is 24.3 Å². The molecule has 32 heteroatoms. The van der Waals surface area contributed by atoms with Gasteiger partial charge in [0, 0.05) is 40.4 Å². The molecular weight excluding hydrogens is 1110 g/mol. The number of hydrogen-bond donors (Lipinski definition) is 15. The number of nitrogens with zero attached hydrogens (tertiary/aromatic N) is 1. The molecule has 0 spiro atoms. The first kappa shape index (κ1) is 70.6. The van der Waals surface area contributed by atoms with Gasteiger partial charge in [0.2, 0.25) is 35.4 Å². The van der Waals surface area contributed by atoms with Gasteiger partial charge in [-0.3, -0.25) is 33.7 Å². The van der Waals surface area contributed by atoms with Crippen LogP contribution in [0.2, 0.25) is 0 Å². The van der Waals surface area contributed by atoms with E-state index in [-0.39, 0.29) is 85.5 Å². The second kappa shape index (κ2) is 37.5. The minimum absolute atomic E-state index is 0.00294. The predicted molar refractivity (Wildman–Crippen MR) is 282 cm³/mol. The fraction of sp³-hybridized carbons (Fsp3) is 0.765. The van der Waals surface area contributed by atoms with Crippen LogP contribution in [0.15, 0.2) is 24.3 Å². The van der Waals surface area contributed by atoms with Gasteiger partial charge in [-0.2, -0.15) is 0 Å². The van der Waals surface area contributed by atoms with Crippen molar-refractivity contribution in [3.8, 4) is 5.75 Å². The van der Waals surface area contributed by atoms with E-state index in [0.29, 0.717) is 17.9 Å². The normalized spacial score (nSPS) is 28.4. The number of carbonyl (C=O) groups excluding carboxylic acids is 6. The molecule has 3 heterocycles. The van der Waals surface area contributed by atoms with Crippen molar-refractivity contribution in [1.82, 2.24) is 36.8 Å². The number of hydrogen-bond acceptors (Lipinski definition) is 26. The molecular formula is C51H85N7O25. The van der Waals surface area contributed by atoms with Gasteiger partial charge in [0.25, 0.3) is 0 Å². The number of ether oxygens (including phenoxy) is 10. The molecule has 15 N–H and O–H groups in total. The Morgan fingerprint density at radius 1 is 0.506 bits per heavy atom. The molecule has 3 aliphatic rings. The van der Waals surface area contributed by atoms with Crippen molar-refractivity contribution >= 4 is 35.4 Å². The summed E-state index contributed by atoms with van der Waals surface area (Å²) in [5, 5.41) is 107. The van der Waals surface area contributed by atoms with Gasteiger partial charge in [0.05, 0.1) is 105 Å². The second-order valence-corrected chi connectivity index (χ2v) is 19.4. The Hall–Kier alpha value is -4.92. The highest BCUT2D eigenvalue weighted by molar-refractivity contribution is 5.86. The highest BCUT2D eigenvalue weighted by atomic mass is 16.7. The Bertz CT molecular complexity index is 2030. The van der Waals surface area contributed by atoms with Crippen LogP contribution in [-0.4, -0.2) is 303 Å². The summed E-state index contributed by atoms with van der Waals surface area (Å²) in [5.41, 5.74) is 0.641. The van der Waals surface area contributed by atoms with Crippen molar-refractivity contribution in [2.75, 3.05) is 119 Å². The molecule has 83 heavy (non-hydrogen) atoms. The van der Waals surface area contributed by atoms with Gasteiger partial charge in [0.1, 0.15) is 78.8 Å². The van der Waals surface area contributed by atoms with E-state index in [4.69, 9.17) is 47.4 Å². The van der Waals surface area contributed by atoms with Crippen molar-refractivity contribution in [3.63, 3.8) is 0 Å². The van der Waals surface area contributed by atoms with Crippen LogP contribution in [-0.2, 0) is 77.8 Å². The Labute approximate surface area is 479 Å². The monoisotopic (exact) mass is 1200 g/mol. The van der Waals surface area contributed by atoms with E-state index in [1.165, 1.54) is 25.7 Å². The molecule has 1 aromatic rings. The Balaban J connectivity index is 1.39. The molecule has 16 unspecified atom stereocenters. The summed E-state index contributed by atoms with van der Waals surface area (Å²) in [7, 11) is 0. The largest absolute Gasteiger partial charge is 0.494 e. The average Bonchev–Trinajstić information content (AvgIpc) is 3.55. The molecule has 1 aromatic carbocycles. The molecule has 6 amide bonds. The number of aliphatic hydroxyl groups is 9. The third-order valence-electron chi connectivity index (χ3n) is 13.1. The Morgan fingerprint density at radius 3 is 1.18 bits per heavy atom. The number of benzene rings is 1. The molecule has 3 fully saturated rings. The van der Waals surface area contributed by atoms with Crippen LogP contribution in [0, 0.1) is 0 Å². The third-order valence-corrected chi connectivity index (χ3v) is 13.1. The molecule has 16 atom stereocenters. The van der Waals surface area contributed by atoms with Crippen LogP contribution >= 0.6 is 0 Å². The maximum absolute atomic E-state index is 14.3.